The van der Waals surface area contributed by atoms with Crippen molar-refractivity contribution in [2.24, 2.45) is 33.7 Å². The number of rotatable bonds is 6. The lowest BCUT2D eigenvalue weighted by Crippen LogP contribution is -2.62. The molecule has 5 N–H and O–H groups in total. The summed E-state index contributed by atoms with van der Waals surface area (Å²) in [5.41, 5.74) is -0.824. The Bertz CT molecular complexity index is 1110. The second kappa shape index (κ2) is 9.94. The quantitative estimate of drug-likeness (QED) is 0.298. The van der Waals surface area contributed by atoms with Crippen LogP contribution < -0.4 is 0 Å². The number of allylic oxidation sites excluding steroid dienone is 2. The lowest BCUT2D eigenvalue weighted by molar-refractivity contribution is -0.181. The van der Waals surface area contributed by atoms with Crippen molar-refractivity contribution in [2.45, 2.75) is 89.1 Å². The Balaban J connectivity index is 1.29. The highest BCUT2D eigenvalue weighted by Crippen LogP contribution is 2.67. The molecular weight excluding hydrogens is 508 g/mol. The monoisotopic (exact) mass is 548 g/mol. The fourth-order valence-electron chi connectivity index (χ4n) is 8.94. The molecule has 0 unspecified atom stereocenters. The molecule has 0 aromatic carbocycles. The van der Waals surface area contributed by atoms with Gasteiger partial charge in [-0.05, 0) is 74.2 Å². The number of hydrogen-bond donors (Lipinski definition) is 5. The molecule has 0 spiro atoms. The molecule has 0 aromatic heterocycles. The van der Waals surface area contributed by atoms with Gasteiger partial charge in [0.05, 0.1) is 17.9 Å². The molecule has 0 aromatic rings. The molecule has 0 bridgehead atoms. The maximum absolute atomic E-state index is 12.6. The van der Waals surface area contributed by atoms with Crippen LogP contribution in [0.15, 0.2) is 16.8 Å². The molecule has 5 rings (SSSR count). The van der Waals surface area contributed by atoms with Crippen molar-refractivity contribution < 1.29 is 44.8 Å². The van der Waals surface area contributed by atoms with E-state index in [4.69, 9.17) is 4.84 Å². The van der Waals surface area contributed by atoms with Crippen molar-refractivity contribution >= 4 is 23.4 Å². The number of aliphatic hydroxyl groups is 4. The van der Waals surface area contributed by atoms with Gasteiger partial charge < -0.3 is 35.3 Å². The smallest absolute Gasteiger partial charge is 0.326 e. The Labute approximate surface area is 227 Å². The number of amides is 1. The molecule has 0 radical (unpaired) electrons. The number of ketones is 1. The van der Waals surface area contributed by atoms with Gasteiger partial charge in [0.15, 0.2) is 12.4 Å². The van der Waals surface area contributed by atoms with Crippen LogP contribution in [0.4, 0.5) is 0 Å². The average Bonchev–Trinajstić information content (AvgIpc) is 3.41. The molecule has 3 saturated carbocycles. The van der Waals surface area contributed by atoms with Gasteiger partial charge in [-0.15, -0.1) is 0 Å². The predicted octanol–water partition coefficient (Wildman–Crippen LogP) is 0.631. The number of likely N-dealkylation sites (tertiary alicyclic amines) is 1. The summed E-state index contributed by atoms with van der Waals surface area (Å²) in [4.78, 5) is 42.9. The molecule has 11 heteroatoms. The maximum atomic E-state index is 12.6. The van der Waals surface area contributed by atoms with Crippen molar-refractivity contribution in [3.8, 4) is 0 Å². The molecule has 11 nitrogen and oxygen atoms in total. The number of fused-ring (bicyclic) bond motifs is 5. The lowest BCUT2D eigenvalue weighted by Gasteiger charge is -2.60. The third kappa shape index (κ3) is 4.32. The zero-order chi connectivity index (χ0) is 28.3. The number of β-amino-alcohol motifs (C(OH)–C–C–N with tert-alkyl or cyclic N) is 1. The number of carbonyl (C=O) groups is 3. The van der Waals surface area contributed by atoms with Crippen LogP contribution in [0.25, 0.3) is 0 Å². The Morgan fingerprint density at radius 3 is 2.59 bits per heavy atom. The number of aliphatic hydroxyl groups excluding tert-OH is 3. The Morgan fingerprint density at radius 1 is 1.15 bits per heavy atom. The summed E-state index contributed by atoms with van der Waals surface area (Å²) in [5.74, 6) is -2.06. The first-order chi connectivity index (χ1) is 18.4. The van der Waals surface area contributed by atoms with E-state index >= 15 is 0 Å². The first-order valence-electron chi connectivity index (χ1n) is 14.0. The number of carbonyl (C=O) groups excluding carboxylic acids is 2. The van der Waals surface area contributed by atoms with E-state index in [-0.39, 0.29) is 36.1 Å². The van der Waals surface area contributed by atoms with Crippen LogP contribution in [0.5, 0.6) is 0 Å². The number of carboxylic acid groups (broad SMARTS) is 1. The van der Waals surface area contributed by atoms with E-state index in [2.05, 4.69) is 12.1 Å². The van der Waals surface area contributed by atoms with Gasteiger partial charge in [0, 0.05) is 18.4 Å². The summed E-state index contributed by atoms with van der Waals surface area (Å²) in [5, 5.41) is 55.6. The number of carboxylic acids is 1. The third-order valence-electron chi connectivity index (χ3n) is 10.9. The topological polar surface area (TPSA) is 177 Å². The van der Waals surface area contributed by atoms with Crippen molar-refractivity contribution in [2.75, 3.05) is 19.8 Å². The minimum Gasteiger partial charge on any atom is -0.480 e. The summed E-state index contributed by atoms with van der Waals surface area (Å²) in [6, 6.07) is -1.07. The van der Waals surface area contributed by atoms with Gasteiger partial charge in [-0.3, -0.25) is 9.59 Å². The van der Waals surface area contributed by atoms with Crippen molar-refractivity contribution in [3.05, 3.63) is 11.6 Å². The highest BCUT2D eigenvalue weighted by atomic mass is 16.6. The molecule has 4 aliphatic carbocycles. The highest BCUT2D eigenvalue weighted by molar-refractivity contribution is 5.96. The number of hydrogen-bond acceptors (Lipinski definition) is 9. The zero-order valence-corrected chi connectivity index (χ0v) is 22.6. The summed E-state index contributed by atoms with van der Waals surface area (Å²) in [6.07, 6.45) is 4.61. The fraction of sp³-hybridized carbons (Fsp3) is 0.786. The molecule has 1 amide bonds. The molecule has 1 saturated heterocycles. The minimum atomic E-state index is -1.62. The second-order valence-corrected chi connectivity index (χ2v) is 12.7. The largest absolute Gasteiger partial charge is 0.480 e. The molecular formula is C28H40N2O9. The first-order valence-corrected chi connectivity index (χ1v) is 14.0. The van der Waals surface area contributed by atoms with E-state index in [1.165, 1.54) is 5.57 Å². The molecule has 9 atom stereocenters. The highest BCUT2D eigenvalue weighted by Gasteiger charge is 2.68. The minimum absolute atomic E-state index is 0.00861. The zero-order valence-electron chi connectivity index (χ0n) is 22.6. The van der Waals surface area contributed by atoms with E-state index in [0.29, 0.717) is 31.4 Å². The van der Waals surface area contributed by atoms with Crippen LogP contribution in [0.1, 0.15) is 65.2 Å². The lowest BCUT2D eigenvalue weighted by atomic mass is 9.45. The molecule has 216 valence electrons. The SMILES string of the molecule is C[C@]12CC/C(=N/OCC(=O)N3C[C@H](O)C[C@H]3C(=O)O)C=C1CC[C@H]1[C@H]2[C@@H](O)C[C@@]2(C)[C@@H]1CC[C@]2(O)C(=O)CO. The number of oxime groups is 1. The van der Waals surface area contributed by atoms with Gasteiger partial charge in [0.25, 0.3) is 5.91 Å². The van der Waals surface area contributed by atoms with E-state index in [0.717, 1.165) is 24.2 Å². The second-order valence-electron chi connectivity index (χ2n) is 12.7. The van der Waals surface area contributed by atoms with E-state index < -0.39 is 60.1 Å². The molecule has 4 fully saturated rings. The molecule has 5 aliphatic rings. The van der Waals surface area contributed by atoms with Crippen LogP contribution in [-0.4, -0.2) is 97.4 Å². The Hall–Kier alpha value is -2.34. The van der Waals surface area contributed by atoms with Gasteiger partial charge in [-0.25, -0.2) is 4.79 Å². The van der Waals surface area contributed by atoms with Crippen LogP contribution in [-0.2, 0) is 19.2 Å². The Kier molecular flexibility index (Phi) is 7.18. The number of nitrogens with zero attached hydrogens (tertiary/aromatic N) is 2. The number of Topliss-reactive ketones (excluding diaryl/α,β-unsaturated/α-hetero) is 1. The summed E-state index contributed by atoms with van der Waals surface area (Å²) in [6.45, 7) is 2.91. The summed E-state index contributed by atoms with van der Waals surface area (Å²) < 4.78 is 0. The Morgan fingerprint density at radius 2 is 1.90 bits per heavy atom. The third-order valence-corrected chi connectivity index (χ3v) is 10.9. The van der Waals surface area contributed by atoms with E-state index in [9.17, 15) is 39.9 Å². The van der Waals surface area contributed by atoms with Crippen LogP contribution >= 0.6 is 0 Å². The van der Waals surface area contributed by atoms with Gasteiger partial charge >= 0.3 is 5.97 Å². The van der Waals surface area contributed by atoms with Gasteiger partial charge in [0.1, 0.15) is 18.2 Å². The van der Waals surface area contributed by atoms with Gasteiger partial charge in [-0.2, -0.15) is 0 Å². The summed E-state index contributed by atoms with van der Waals surface area (Å²) >= 11 is 0. The first kappa shape index (κ1) is 28.2. The molecule has 39 heavy (non-hydrogen) atoms. The standard InChI is InChI=1S/C28H40N2O9/c1-26-7-5-16(29-39-14-23(35)30-12-17(32)10-20(30)25(36)37)9-15(26)3-4-18-19-6-8-28(38,22(34)13-31)27(19,2)11-21(33)24(18)26/h9,17-21,24,31-33,38H,3-8,10-14H2,1-2H3,(H,36,37)/b29-16-/t17-,18-,19-,20+,21+,24+,26+,27+,28+/m1/s1. The van der Waals surface area contributed by atoms with Crippen molar-refractivity contribution in [3.63, 3.8) is 0 Å². The van der Waals surface area contributed by atoms with Crippen LogP contribution in [0.2, 0.25) is 0 Å². The van der Waals surface area contributed by atoms with E-state index in [1.807, 2.05) is 13.0 Å². The maximum Gasteiger partial charge on any atom is 0.326 e. The van der Waals surface area contributed by atoms with Crippen LogP contribution in [0, 0.1) is 28.6 Å². The molecule has 1 heterocycles. The van der Waals surface area contributed by atoms with Crippen molar-refractivity contribution in [1.29, 1.82) is 0 Å². The van der Waals surface area contributed by atoms with Crippen molar-refractivity contribution in [1.82, 2.24) is 4.90 Å². The fourth-order valence-corrected chi connectivity index (χ4v) is 8.94. The van der Waals surface area contributed by atoms with E-state index in [1.54, 1.807) is 0 Å². The predicted molar refractivity (Wildman–Crippen MR) is 137 cm³/mol. The normalized spacial score (nSPS) is 44.3. The summed E-state index contributed by atoms with van der Waals surface area (Å²) in [7, 11) is 0. The van der Waals surface area contributed by atoms with Gasteiger partial charge in [0.2, 0.25) is 0 Å². The van der Waals surface area contributed by atoms with Crippen LogP contribution in [0.3, 0.4) is 0 Å². The van der Waals surface area contributed by atoms with Gasteiger partial charge in [-0.1, -0.05) is 24.6 Å². The average molecular weight is 549 g/mol. The number of aliphatic carboxylic acids is 1. The molecule has 1 aliphatic heterocycles.